The van der Waals surface area contributed by atoms with Gasteiger partial charge in [0.15, 0.2) is 22.8 Å². The molecule has 1 fully saturated rings. The first kappa shape index (κ1) is 60.3. The molecular weight excluding hydrogens is 946 g/mol. The molecule has 2 aromatic rings. The summed E-state index contributed by atoms with van der Waals surface area (Å²) in [5.41, 5.74) is 4.14. The number of nitrogens with one attached hydrogen (secondary N) is 2. The summed E-state index contributed by atoms with van der Waals surface area (Å²) in [5.74, 6) is -1.11. The first-order valence-electron chi connectivity index (χ1n) is 21.5. The van der Waals surface area contributed by atoms with E-state index in [9.17, 15) is 57.9 Å². The standard InChI is InChI=1S/C37H66N7O17P3S.Li/c1-4-5-6-7-8-9-10-11-12-13-14-15-16-17-28(46)65-21-20-39-27(45)18-19-40-35(49)32(48)37(2,3)23-58-64(55,56)61-63(53,54)57-22-26-31(60-62(50,51)52)30(47)36(59-26)44-25-43-29-33(38)41-24-42-34(29)44;/h24-26,30-32,36,47-48H,4-23H2,1-3H3,(H,39,45)(H,40,49)(H,53,54)(H,55,56)(H2,38,41,42)(H2,50,51,52);/q;+1/p-3. The molecule has 66 heavy (non-hydrogen) atoms. The summed E-state index contributed by atoms with van der Waals surface area (Å²) >= 11 is 1.14. The molecule has 372 valence electrons. The number of fused-ring (bicyclic) bond motifs is 1. The number of imidazole rings is 1. The molecule has 1 aliphatic heterocycles. The minimum Gasteiger partial charge on any atom is -0.756 e. The second-order valence-corrected chi connectivity index (χ2v) is 21.5. The maximum absolute atomic E-state index is 12.6. The number of unbranched alkanes of at least 4 members (excludes halogenated alkanes) is 12. The number of carbonyl (C=O) groups is 3. The number of aliphatic hydroxyl groups excluding tert-OH is 2. The van der Waals surface area contributed by atoms with Gasteiger partial charge in [0, 0.05) is 37.1 Å². The molecule has 8 unspecified atom stereocenters. The fourth-order valence-corrected chi connectivity index (χ4v) is 10.1. The van der Waals surface area contributed by atoms with Crippen LogP contribution < -0.4 is 49.9 Å². The molecule has 24 nitrogen and oxygen atoms in total. The average molecular weight is 1010 g/mol. The number of aromatic nitrogens is 4. The van der Waals surface area contributed by atoms with Crippen molar-refractivity contribution in [3.8, 4) is 0 Å². The summed E-state index contributed by atoms with van der Waals surface area (Å²) in [6.45, 7) is 2.46. The van der Waals surface area contributed by atoms with Crippen LogP contribution in [0.25, 0.3) is 11.2 Å². The molecule has 1 aliphatic rings. The minimum atomic E-state index is -5.90. The zero-order chi connectivity index (χ0) is 48.3. The Kier molecular flexibility index (Phi) is 26.8. The Bertz CT molecular complexity index is 1970. The fourth-order valence-electron chi connectivity index (χ4n) is 6.64. The topological polar surface area (TPSA) is 372 Å². The molecule has 1 saturated heterocycles. The summed E-state index contributed by atoms with van der Waals surface area (Å²) in [6, 6.07) is 0. The largest absolute Gasteiger partial charge is 1.00 e. The van der Waals surface area contributed by atoms with Crippen molar-refractivity contribution in [2.45, 2.75) is 148 Å². The van der Waals surface area contributed by atoms with Crippen LogP contribution in [0.3, 0.4) is 0 Å². The molecule has 2 aromatic heterocycles. The van der Waals surface area contributed by atoms with Gasteiger partial charge in [-0.25, -0.2) is 19.3 Å². The number of nitrogen functional groups attached to an aromatic ring is 1. The van der Waals surface area contributed by atoms with Crippen LogP contribution >= 0.6 is 35.2 Å². The van der Waals surface area contributed by atoms with Gasteiger partial charge in [0.2, 0.25) is 11.8 Å². The summed E-state index contributed by atoms with van der Waals surface area (Å²) in [6.07, 6.45) is 8.99. The number of hydrogen-bond acceptors (Lipinski definition) is 21. The molecule has 0 radical (unpaired) electrons. The molecule has 0 aliphatic carbocycles. The van der Waals surface area contributed by atoms with Crippen molar-refractivity contribution in [3.63, 3.8) is 0 Å². The van der Waals surface area contributed by atoms with E-state index in [1.54, 1.807) is 0 Å². The third-order valence-electron chi connectivity index (χ3n) is 10.2. The SMILES string of the molecule is CCCCCCCCCCCCCCCC(=O)SCCNC(=O)CCNC(=O)C(O)C(C)(C)COP(=O)([O-])OP(=O)([O-])OCC1OC(n2cnc3c(N)ncnc32)C(O)C1OP(=O)([O-])O.[Li+]. The number of amides is 2. The molecule has 0 aromatic carbocycles. The Balaban J connectivity index is 0.0000150. The third kappa shape index (κ3) is 21.8. The van der Waals surface area contributed by atoms with Gasteiger partial charge in [-0.2, -0.15) is 0 Å². The van der Waals surface area contributed by atoms with Gasteiger partial charge in [0.05, 0.1) is 19.5 Å². The maximum atomic E-state index is 12.6. The Morgan fingerprint density at radius 3 is 2.11 bits per heavy atom. The number of aliphatic hydroxyl groups is 2. The summed E-state index contributed by atoms with van der Waals surface area (Å²) < 4.78 is 61.1. The van der Waals surface area contributed by atoms with Crippen LogP contribution in [-0.2, 0) is 50.7 Å². The van der Waals surface area contributed by atoms with Gasteiger partial charge in [-0.1, -0.05) is 110 Å². The van der Waals surface area contributed by atoms with Crippen LogP contribution in [0, 0.1) is 5.41 Å². The van der Waals surface area contributed by atoms with Crippen molar-refractivity contribution in [1.82, 2.24) is 30.2 Å². The van der Waals surface area contributed by atoms with E-state index in [4.69, 9.17) is 10.5 Å². The normalized spacial score (nSPS) is 20.7. The predicted molar refractivity (Wildman–Crippen MR) is 231 cm³/mol. The van der Waals surface area contributed by atoms with Gasteiger partial charge in [-0.3, -0.25) is 32.6 Å². The number of nitrogens with two attached hydrogens (primary N) is 1. The number of phosphoric ester groups is 3. The summed E-state index contributed by atoms with van der Waals surface area (Å²) in [7, 11) is -17.3. The van der Waals surface area contributed by atoms with Gasteiger partial charge >= 0.3 is 18.9 Å². The second kappa shape index (κ2) is 29.4. The van der Waals surface area contributed by atoms with E-state index in [0.29, 0.717) is 12.2 Å². The predicted octanol–water partition coefficient (Wildman–Crippen LogP) is -0.746. The molecule has 0 saturated carbocycles. The van der Waals surface area contributed by atoms with Gasteiger partial charge in [0.1, 0.15) is 36.3 Å². The van der Waals surface area contributed by atoms with Gasteiger partial charge in [-0.05, 0) is 6.42 Å². The molecule has 3 rings (SSSR count). The Labute approximate surface area is 400 Å². The summed E-state index contributed by atoms with van der Waals surface area (Å²) in [4.78, 5) is 94.8. The zero-order valence-electron chi connectivity index (χ0n) is 37.9. The van der Waals surface area contributed by atoms with E-state index in [0.717, 1.165) is 48.2 Å². The molecule has 7 N–H and O–H groups in total. The number of nitrogens with zero attached hydrogens (tertiary/aromatic N) is 4. The average Bonchev–Trinajstić information content (AvgIpc) is 3.79. The molecule has 29 heteroatoms. The quantitative estimate of drug-likeness (QED) is 0.0291. The third-order valence-corrected chi connectivity index (χ3v) is 14.2. The van der Waals surface area contributed by atoms with E-state index >= 15 is 0 Å². The van der Waals surface area contributed by atoms with Crippen molar-refractivity contribution >= 4 is 69.1 Å². The number of thioether (sulfide) groups is 1. The molecule has 2 amide bonds. The Hall–Kier alpha value is -1.84. The number of ether oxygens (including phenoxy) is 1. The van der Waals surface area contributed by atoms with Crippen molar-refractivity contribution in [1.29, 1.82) is 0 Å². The number of carbonyl (C=O) groups excluding carboxylic acids is 3. The van der Waals surface area contributed by atoms with Crippen LogP contribution in [0.1, 0.15) is 123 Å². The molecule has 0 spiro atoms. The first-order valence-corrected chi connectivity index (χ1v) is 27.0. The monoisotopic (exact) mass is 1010 g/mol. The maximum Gasteiger partial charge on any atom is 1.00 e. The van der Waals surface area contributed by atoms with E-state index in [-0.39, 0.29) is 60.5 Å². The molecule has 8 atom stereocenters. The van der Waals surface area contributed by atoms with Gasteiger partial charge in [-0.15, -0.1) is 0 Å². The minimum absolute atomic E-state index is 0. The number of hydrogen-bond donors (Lipinski definition) is 6. The van der Waals surface area contributed by atoms with E-state index in [1.165, 1.54) is 78.1 Å². The van der Waals surface area contributed by atoms with Crippen molar-refractivity contribution < 1.29 is 99.3 Å². The molecular formula is C37H63LiN7O17P3S-2. The van der Waals surface area contributed by atoms with Crippen molar-refractivity contribution in [2.24, 2.45) is 5.41 Å². The van der Waals surface area contributed by atoms with Crippen LogP contribution in [0.15, 0.2) is 12.7 Å². The fraction of sp³-hybridized carbons (Fsp3) is 0.784. The van der Waals surface area contributed by atoms with Crippen molar-refractivity contribution in [2.75, 3.05) is 37.8 Å². The van der Waals surface area contributed by atoms with Crippen molar-refractivity contribution in [3.05, 3.63) is 12.7 Å². The van der Waals surface area contributed by atoms with E-state index in [2.05, 4.69) is 50.4 Å². The molecule has 3 heterocycles. The van der Waals surface area contributed by atoms with Crippen LogP contribution in [-0.4, -0.2) is 108 Å². The second-order valence-electron chi connectivity index (χ2n) is 16.2. The van der Waals surface area contributed by atoms with Crippen LogP contribution in [0.5, 0.6) is 0 Å². The Morgan fingerprint density at radius 2 is 1.50 bits per heavy atom. The van der Waals surface area contributed by atoms with Gasteiger partial charge in [0.25, 0.3) is 23.5 Å². The van der Waals surface area contributed by atoms with Crippen LogP contribution in [0.4, 0.5) is 5.82 Å². The van der Waals surface area contributed by atoms with Gasteiger partial charge < -0.3 is 64.5 Å². The van der Waals surface area contributed by atoms with E-state index < -0.39 is 84.6 Å². The summed E-state index contributed by atoms with van der Waals surface area (Å²) in [5, 5.41) is 26.5. The first-order chi connectivity index (χ1) is 30.6. The molecule has 0 bridgehead atoms. The Morgan fingerprint density at radius 1 is 0.909 bits per heavy atom. The van der Waals surface area contributed by atoms with E-state index in [1.807, 2.05) is 0 Å². The smallest absolute Gasteiger partial charge is 0.756 e. The number of anilines is 1. The number of phosphoric acid groups is 3. The number of rotatable bonds is 33. The zero-order valence-corrected chi connectivity index (χ0v) is 41.4. The van der Waals surface area contributed by atoms with Crippen LogP contribution in [0.2, 0.25) is 0 Å².